The van der Waals surface area contributed by atoms with Crippen LogP contribution >= 0.6 is 0 Å². The van der Waals surface area contributed by atoms with Crippen molar-refractivity contribution in [2.45, 2.75) is 31.2 Å². The molecule has 1 aliphatic rings. The van der Waals surface area contributed by atoms with E-state index in [2.05, 4.69) is 25.2 Å². The molecule has 0 amide bonds. The van der Waals surface area contributed by atoms with Crippen molar-refractivity contribution in [2.75, 3.05) is 12.3 Å². The molecule has 2 unspecified atom stereocenters. The molecule has 0 saturated carbocycles. The Morgan fingerprint density at radius 2 is 2.33 bits per heavy atom. The van der Waals surface area contributed by atoms with Crippen LogP contribution in [0.1, 0.15) is 30.5 Å². The van der Waals surface area contributed by atoms with Crippen molar-refractivity contribution < 1.29 is 4.21 Å². The summed E-state index contributed by atoms with van der Waals surface area (Å²) in [5.74, 6) is 0.785. The van der Waals surface area contributed by atoms with Gasteiger partial charge in [-0.05, 0) is 31.5 Å². The summed E-state index contributed by atoms with van der Waals surface area (Å²) in [6, 6.07) is 6.62. The van der Waals surface area contributed by atoms with Crippen LogP contribution in [0.25, 0.3) is 0 Å². The minimum atomic E-state index is -0.788. The molecule has 82 valence electrons. The quantitative estimate of drug-likeness (QED) is 0.832. The summed E-state index contributed by atoms with van der Waals surface area (Å²) in [7, 11) is -0.788. The lowest BCUT2D eigenvalue weighted by Gasteiger charge is -2.25. The van der Waals surface area contributed by atoms with Gasteiger partial charge in [0.15, 0.2) is 0 Å². The third kappa shape index (κ3) is 2.13. The van der Waals surface area contributed by atoms with E-state index in [1.54, 1.807) is 0 Å². The molecule has 0 radical (unpaired) electrons. The summed E-state index contributed by atoms with van der Waals surface area (Å²) < 4.78 is 11.8. The smallest absolute Gasteiger partial charge is 0.0533 e. The number of fused-ring (bicyclic) bond motifs is 1. The van der Waals surface area contributed by atoms with Crippen LogP contribution in [0.5, 0.6) is 0 Å². The number of nitrogens with one attached hydrogen (secondary N) is 1. The van der Waals surface area contributed by atoms with Crippen LogP contribution in [0, 0.1) is 6.92 Å². The fourth-order valence-electron chi connectivity index (χ4n) is 2.10. The Bertz CT molecular complexity index is 389. The molecule has 1 aromatic rings. The Labute approximate surface area is 93.5 Å². The normalized spacial score (nSPS) is 24.9. The molecule has 15 heavy (non-hydrogen) atoms. The summed E-state index contributed by atoms with van der Waals surface area (Å²) in [5.41, 5.74) is 2.48. The topological polar surface area (TPSA) is 29.1 Å². The third-order valence-corrected chi connectivity index (χ3v) is 4.30. The Hall–Kier alpha value is -0.670. The van der Waals surface area contributed by atoms with Crippen LogP contribution < -0.4 is 5.32 Å². The van der Waals surface area contributed by atoms with Crippen molar-refractivity contribution in [3.8, 4) is 0 Å². The third-order valence-electron chi connectivity index (χ3n) is 2.83. The maximum atomic E-state index is 11.8. The molecule has 0 aliphatic carbocycles. The SMILES string of the molecule is CCNC1CCS(=O)c2ccc(C)cc21. The van der Waals surface area contributed by atoms with E-state index in [1.807, 2.05) is 12.1 Å². The summed E-state index contributed by atoms with van der Waals surface area (Å²) in [5, 5.41) is 3.45. The zero-order chi connectivity index (χ0) is 10.8. The van der Waals surface area contributed by atoms with E-state index in [4.69, 9.17) is 0 Å². The van der Waals surface area contributed by atoms with Gasteiger partial charge in [-0.3, -0.25) is 4.21 Å². The predicted molar refractivity (Wildman–Crippen MR) is 63.5 cm³/mol. The number of benzene rings is 1. The molecule has 0 saturated heterocycles. The van der Waals surface area contributed by atoms with Gasteiger partial charge in [0, 0.05) is 16.7 Å². The highest BCUT2D eigenvalue weighted by atomic mass is 32.2. The van der Waals surface area contributed by atoms with E-state index in [0.29, 0.717) is 6.04 Å². The van der Waals surface area contributed by atoms with Gasteiger partial charge in [0.1, 0.15) is 0 Å². The second-order valence-electron chi connectivity index (χ2n) is 3.99. The van der Waals surface area contributed by atoms with Crippen molar-refractivity contribution in [1.82, 2.24) is 5.32 Å². The number of rotatable bonds is 2. The molecule has 1 aromatic carbocycles. The Morgan fingerprint density at radius 1 is 1.53 bits per heavy atom. The average Bonchev–Trinajstić information content (AvgIpc) is 2.22. The summed E-state index contributed by atoms with van der Waals surface area (Å²) in [6.45, 7) is 5.16. The van der Waals surface area contributed by atoms with E-state index in [9.17, 15) is 4.21 Å². The molecular weight excluding hydrogens is 206 g/mol. The summed E-state index contributed by atoms with van der Waals surface area (Å²) in [4.78, 5) is 1.03. The van der Waals surface area contributed by atoms with E-state index in [0.717, 1.165) is 23.6 Å². The second-order valence-corrected chi connectivity index (χ2v) is 5.53. The lowest BCUT2D eigenvalue weighted by molar-refractivity contribution is 0.520. The van der Waals surface area contributed by atoms with Crippen molar-refractivity contribution in [3.05, 3.63) is 29.3 Å². The van der Waals surface area contributed by atoms with Crippen LogP contribution in [0.2, 0.25) is 0 Å². The highest BCUT2D eigenvalue weighted by molar-refractivity contribution is 7.85. The monoisotopic (exact) mass is 223 g/mol. The highest BCUT2D eigenvalue weighted by Crippen LogP contribution is 2.30. The molecule has 1 N–H and O–H groups in total. The lowest BCUT2D eigenvalue weighted by atomic mass is 10.0. The molecule has 0 fully saturated rings. The predicted octanol–water partition coefficient (Wildman–Crippen LogP) is 2.16. The van der Waals surface area contributed by atoms with Gasteiger partial charge in [0.25, 0.3) is 0 Å². The van der Waals surface area contributed by atoms with Gasteiger partial charge in [-0.1, -0.05) is 24.6 Å². The van der Waals surface area contributed by atoms with E-state index in [1.165, 1.54) is 11.1 Å². The highest BCUT2D eigenvalue weighted by Gasteiger charge is 2.23. The first-order chi connectivity index (χ1) is 7.22. The standard InChI is InChI=1S/C12H17NOS/c1-3-13-11-6-7-15(14)12-5-4-9(2)8-10(11)12/h4-5,8,11,13H,3,6-7H2,1-2H3. The Balaban J connectivity index is 2.42. The van der Waals surface area contributed by atoms with E-state index >= 15 is 0 Å². The minimum Gasteiger partial charge on any atom is -0.310 e. The number of hydrogen-bond donors (Lipinski definition) is 1. The maximum Gasteiger partial charge on any atom is 0.0533 e. The van der Waals surface area contributed by atoms with Crippen molar-refractivity contribution in [2.24, 2.45) is 0 Å². The first-order valence-electron chi connectivity index (χ1n) is 5.44. The molecule has 2 rings (SSSR count). The van der Waals surface area contributed by atoms with Crippen LogP contribution in [0.4, 0.5) is 0 Å². The fraction of sp³-hybridized carbons (Fsp3) is 0.500. The maximum absolute atomic E-state index is 11.8. The number of aryl methyl sites for hydroxylation is 1. The molecule has 3 heteroatoms. The van der Waals surface area contributed by atoms with Gasteiger partial charge in [-0.15, -0.1) is 0 Å². The molecule has 0 aromatic heterocycles. The Kier molecular flexibility index (Phi) is 3.22. The fourth-order valence-corrected chi connectivity index (χ4v) is 3.45. The average molecular weight is 223 g/mol. The van der Waals surface area contributed by atoms with Crippen LogP contribution in [0.3, 0.4) is 0 Å². The van der Waals surface area contributed by atoms with Gasteiger partial charge in [-0.2, -0.15) is 0 Å². The lowest BCUT2D eigenvalue weighted by Crippen LogP contribution is -2.27. The number of hydrogen-bond acceptors (Lipinski definition) is 2. The van der Waals surface area contributed by atoms with E-state index in [-0.39, 0.29) is 0 Å². The zero-order valence-corrected chi connectivity index (χ0v) is 10.1. The van der Waals surface area contributed by atoms with Crippen LogP contribution in [-0.4, -0.2) is 16.5 Å². The largest absolute Gasteiger partial charge is 0.310 e. The molecule has 0 spiro atoms. The van der Waals surface area contributed by atoms with Crippen LogP contribution in [0.15, 0.2) is 23.1 Å². The first-order valence-corrected chi connectivity index (χ1v) is 6.76. The zero-order valence-electron chi connectivity index (χ0n) is 9.25. The molecule has 1 heterocycles. The summed E-state index contributed by atoms with van der Waals surface area (Å²) in [6.07, 6.45) is 0.983. The van der Waals surface area contributed by atoms with Gasteiger partial charge < -0.3 is 5.32 Å². The molecular formula is C12H17NOS. The minimum absolute atomic E-state index is 0.391. The second kappa shape index (κ2) is 4.45. The van der Waals surface area contributed by atoms with Crippen molar-refractivity contribution >= 4 is 10.8 Å². The molecule has 2 nitrogen and oxygen atoms in total. The molecule has 2 atom stereocenters. The molecule has 1 aliphatic heterocycles. The van der Waals surface area contributed by atoms with Crippen molar-refractivity contribution in [3.63, 3.8) is 0 Å². The van der Waals surface area contributed by atoms with Gasteiger partial charge in [-0.25, -0.2) is 0 Å². The first kappa shape index (κ1) is 10.8. The van der Waals surface area contributed by atoms with Gasteiger partial charge in [0.05, 0.1) is 10.8 Å². The molecule has 0 bridgehead atoms. The van der Waals surface area contributed by atoms with Gasteiger partial charge in [0.2, 0.25) is 0 Å². The Morgan fingerprint density at radius 3 is 3.07 bits per heavy atom. The van der Waals surface area contributed by atoms with Crippen molar-refractivity contribution in [1.29, 1.82) is 0 Å². The van der Waals surface area contributed by atoms with E-state index < -0.39 is 10.8 Å². The van der Waals surface area contributed by atoms with Crippen LogP contribution in [-0.2, 0) is 10.8 Å². The summed E-state index contributed by atoms with van der Waals surface area (Å²) >= 11 is 0. The van der Waals surface area contributed by atoms with Gasteiger partial charge >= 0.3 is 0 Å².